The maximum atomic E-state index is 12.4. The Kier molecular flexibility index (Phi) is 17.8. The number of hydrogen-bond donors (Lipinski definition) is 16. The first-order valence-electron chi connectivity index (χ1n) is 27.1. The van der Waals surface area contributed by atoms with Gasteiger partial charge in [-0.15, -0.1) is 0 Å². The molecule has 5 aliphatic heterocycles. The highest BCUT2D eigenvalue weighted by Gasteiger charge is 2.70. The zero-order valence-corrected chi connectivity index (χ0v) is 43.5. The maximum absolute atomic E-state index is 12.4. The third kappa shape index (κ3) is 10.4. The highest BCUT2D eigenvalue weighted by Crippen LogP contribution is 2.70. The van der Waals surface area contributed by atoms with E-state index in [1.165, 1.54) is 6.92 Å². The molecule has 0 radical (unpaired) electrons. The van der Waals surface area contributed by atoms with Crippen LogP contribution >= 0.6 is 0 Å². The van der Waals surface area contributed by atoms with E-state index in [9.17, 15) is 81.7 Å². The standard InChI is InChI=1S/C51H84O25/c1-18(16-68-45-41(64)38(61)34(57)27(14-52)72-45)8-9-51(67)19(2)31-26(76-51)12-24-23-7-6-21-10-22(11-30(55)50(21,5)32(23)25(54)13-49(24,31)4)71-48-44(75-47-43(66)37(60)33(56)20(3)70-47)40(63)36(59)29(74-48)17-69-46-42(65)39(62)35(58)28(15-53)73-46/h6,18-20,22-48,52-67H,7-17H2,1-5H3/t18-,19+,20+,22-,23+,24+,25-,26+,27-,28-,29-,30-,31+,32-,33+,34-,35-,36-,37-,38+,39+,40+,41-,42-,43-,44-,45-,46-,47-,48-,49+,50-,51-/m1/s1. The Morgan fingerprint density at radius 3 is 1.86 bits per heavy atom. The molecular weight excluding hydrogens is 1010 g/mol. The van der Waals surface area contributed by atoms with Crippen LogP contribution in [0, 0.1) is 46.3 Å². The number of aliphatic hydroxyl groups is 16. The van der Waals surface area contributed by atoms with Crippen molar-refractivity contribution < 1.29 is 124 Å². The zero-order valence-electron chi connectivity index (χ0n) is 43.5. The second kappa shape index (κ2) is 22.8. The topological polar surface area (TPSA) is 407 Å². The van der Waals surface area contributed by atoms with Crippen molar-refractivity contribution in [1.82, 2.24) is 0 Å². The molecule has 4 aliphatic carbocycles. The number of aliphatic hydroxyl groups excluding tert-OH is 15. The van der Waals surface area contributed by atoms with Crippen LogP contribution in [0.1, 0.15) is 79.6 Å². The Hall–Kier alpha value is -1.26. The Labute approximate surface area is 440 Å². The number of ether oxygens (including phenoxy) is 9. The van der Waals surface area contributed by atoms with Crippen LogP contribution < -0.4 is 0 Å². The summed E-state index contributed by atoms with van der Waals surface area (Å²) in [6.07, 6.45) is -29.6. The van der Waals surface area contributed by atoms with Crippen LogP contribution in [-0.4, -0.2) is 261 Å². The number of hydrogen-bond acceptors (Lipinski definition) is 25. The second-order valence-corrected chi connectivity index (χ2v) is 24.1. The molecule has 0 amide bonds. The smallest absolute Gasteiger partial charge is 0.187 e. The Bertz CT molecular complexity index is 1990. The van der Waals surface area contributed by atoms with Crippen LogP contribution in [0.4, 0.5) is 0 Å². The van der Waals surface area contributed by atoms with Crippen molar-refractivity contribution in [3.63, 3.8) is 0 Å². The third-order valence-corrected chi connectivity index (χ3v) is 19.5. The van der Waals surface area contributed by atoms with Crippen LogP contribution in [0.2, 0.25) is 0 Å². The molecule has 438 valence electrons. The fourth-order valence-electron chi connectivity index (χ4n) is 15.1. The summed E-state index contributed by atoms with van der Waals surface area (Å²) in [5, 5.41) is 173. The summed E-state index contributed by atoms with van der Waals surface area (Å²) in [6, 6.07) is 0. The van der Waals surface area contributed by atoms with E-state index in [-0.39, 0.29) is 67.5 Å². The molecule has 9 aliphatic rings. The molecule has 25 nitrogen and oxygen atoms in total. The summed E-state index contributed by atoms with van der Waals surface area (Å²) < 4.78 is 53.5. The number of allylic oxidation sites excluding steroid dienone is 1. The van der Waals surface area contributed by atoms with Gasteiger partial charge in [-0.2, -0.15) is 0 Å². The van der Waals surface area contributed by atoms with Gasteiger partial charge in [0.15, 0.2) is 30.9 Å². The van der Waals surface area contributed by atoms with Crippen LogP contribution in [0.3, 0.4) is 0 Å². The lowest BCUT2D eigenvalue weighted by Gasteiger charge is -2.61. The SMILES string of the molecule is C[C@H](CC[C@@]1(O)O[C@H]2C[C@H]3[C@@H]4CC=C5C[C@@H](O[C@@H]6O[C@H](CO[C@@H]7O[C@H](CO)[C@@H](O)[C@H](O)[C@H]7O)[C@@H](O)[C@H](O)[C@H]6O[C@H]6O[C@@H](C)[C@H](O)[C@@H](O)[C@H]6O)C[C@@H](O)[C@]5(C)[C@H]4[C@H](O)C[C@]3(C)[C@H]2[C@@H]1C)CO[C@@H]1O[C@H](CO)[C@@H](O)[C@H](O)[C@H]1O. The van der Waals surface area contributed by atoms with Crippen LogP contribution in [-0.2, 0) is 42.6 Å². The highest BCUT2D eigenvalue weighted by atomic mass is 16.8. The van der Waals surface area contributed by atoms with E-state index in [0.717, 1.165) is 5.57 Å². The second-order valence-electron chi connectivity index (χ2n) is 24.1. The fourth-order valence-corrected chi connectivity index (χ4v) is 15.1. The summed E-state index contributed by atoms with van der Waals surface area (Å²) in [6.45, 7) is 7.62. The van der Waals surface area contributed by atoms with E-state index >= 15 is 0 Å². The maximum Gasteiger partial charge on any atom is 0.187 e. The lowest BCUT2D eigenvalue weighted by Crippen LogP contribution is -2.65. The molecule has 16 N–H and O–H groups in total. The van der Waals surface area contributed by atoms with Crippen molar-refractivity contribution in [3.05, 3.63) is 11.6 Å². The van der Waals surface area contributed by atoms with Crippen molar-refractivity contribution in [2.75, 3.05) is 26.4 Å². The molecule has 0 spiro atoms. The van der Waals surface area contributed by atoms with Gasteiger partial charge in [-0.3, -0.25) is 0 Å². The van der Waals surface area contributed by atoms with Gasteiger partial charge in [0.1, 0.15) is 91.6 Å². The largest absolute Gasteiger partial charge is 0.394 e. The molecule has 0 aromatic carbocycles. The highest BCUT2D eigenvalue weighted by molar-refractivity contribution is 5.30. The van der Waals surface area contributed by atoms with E-state index in [4.69, 9.17) is 42.6 Å². The molecule has 76 heavy (non-hydrogen) atoms. The first-order chi connectivity index (χ1) is 35.8. The minimum atomic E-state index is -1.86. The summed E-state index contributed by atoms with van der Waals surface area (Å²) >= 11 is 0. The van der Waals surface area contributed by atoms with E-state index in [1.54, 1.807) is 0 Å². The lowest BCUT2D eigenvalue weighted by atomic mass is 9.45. The summed E-state index contributed by atoms with van der Waals surface area (Å²) in [5.41, 5.74) is -0.533. The van der Waals surface area contributed by atoms with Crippen molar-refractivity contribution in [3.8, 4) is 0 Å². The molecule has 0 bridgehead atoms. The number of fused-ring (bicyclic) bond motifs is 7. The molecule has 9 rings (SSSR count). The average molecular weight is 1100 g/mol. The molecule has 5 heterocycles. The van der Waals surface area contributed by atoms with Gasteiger partial charge >= 0.3 is 0 Å². The molecular formula is C51H84O25. The van der Waals surface area contributed by atoms with E-state index in [2.05, 4.69) is 13.0 Å². The van der Waals surface area contributed by atoms with Crippen LogP contribution in [0.25, 0.3) is 0 Å². The van der Waals surface area contributed by atoms with Gasteiger partial charge in [0.25, 0.3) is 0 Å². The minimum absolute atomic E-state index is 0.0118. The molecule has 8 fully saturated rings. The molecule has 0 aromatic heterocycles. The van der Waals surface area contributed by atoms with Crippen molar-refractivity contribution in [2.24, 2.45) is 46.3 Å². The first kappa shape index (κ1) is 59.4. The quantitative estimate of drug-likeness (QED) is 0.0682. The zero-order chi connectivity index (χ0) is 55.2. The monoisotopic (exact) mass is 1100 g/mol. The van der Waals surface area contributed by atoms with Crippen molar-refractivity contribution in [1.29, 1.82) is 0 Å². The predicted octanol–water partition coefficient (Wildman–Crippen LogP) is -5.07. The predicted molar refractivity (Wildman–Crippen MR) is 253 cm³/mol. The van der Waals surface area contributed by atoms with Crippen LogP contribution in [0.5, 0.6) is 0 Å². The van der Waals surface area contributed by atoms with Gasteiger partial charge < -0.3 is 124 Å². The lowest BCUT2D eigenvalue weighted by molar-refractivity contribution is -0.375. The van der Waals surface area contributed by atoms with E-state index in [0.29, 0.717) is 25.7 Å². The molecule has 0 unspecified atom stereocenters. The van der Waals surface area contributed by atoms with Gasteiger partial charge in [-0.05, 0) is 74.0 Å². The third-order valence-electron chi connectivity index (χ3n) is 19.5. The van der Waals surface area contributed by atoms with Crippen molar-refractivity contribution in [2.45, 2.75) is 233 Å². The molecule has 0 aromatic rings. The average Bonchev–Trinajstić information content (AvgIpc) is 3.96. The van der Waals surface area contributed by atoms with Gasteiger partial charge in [-0.1, -0.05) is 39.3 Å². The van der Waals surface area contributed by atoms with Crippen molar-refractivity contribution >= 4 is 0 Å². The summed E-state index contributed by atoms with van der Waals surface area (Å²) in [7, 11) is 0. The Balaban J connectivity index is 0.869. The summed E-state index contributed by atoms with van der Waals surface area (Å²) in [4.78, 5) is 0. The Morgan fingerprint density at radius 1 is 0.645 bits per heavy atom. The molecule has 33 atom stereocenters. The molecule has 3 saturated carbocycles. The molecule has 5 saturated heterocycles. The van der Waals surface area contributed by atoms with E-state index in [1.807, 2.05) is 20.8 Å². The number of rotatable bonds is 15. The Morgan fingerprint density at radius 2 is 1.22 bits per heavy atom. The van der Waals surface area contributed by atoms with Crippen LogP contribution in [0.15, 0.2) is 11.6 Å². The molecule has 25 heteroatoms. The minimum Gasteiger partial charge on any atom is -0.394 e. The first-order valence-corrected chi connectivity index (χ1v) is 27.1. The normalized spacial score (nSPS) is 55.8. The van der Waals surface area contributed by atoms with Gasteiger partial charge in [0.05, 0.1) is 56.9 Å². The van der Waals surface area contributed by atoms with Gasteiger partial charge in [0.2, 0.25) is 0 Å². The fraction of sp³-hybridized carbons (Fsp3) is 0.961. The van der Waals surface area contributed by atoms with Gasteiger partial charge in [-0.25, -0.2) is 0 Å². The van der Waals surface area contributed by atoms with Gasteiger partial charge in [0, 0.05) is 24.2 Å². The van der Waals surface area contributed by atoms with E-state index < -0.39 is 178 Å². The summed E-state index contributed by atoms with van der Waals surface area (Å²) in [5.74, 6) is -2.44.